The van der Waals surface area contributed by atoms with E-state index in [0.29, 0.717) is 29.0 Å². The molecule has 0 N–H and O–H groups in total. The molecule has 0 fully saturated rings. The van der Waals surface area contributed by atoms with Gasteiger partial charge in [0.1, 0.15) is 0 Å². The van der Waals surface area contributed by atoms with Gasteiger partial charge >= 0.3 is 118 Å². The normalized spacial score (nSPS) is 10.7. The van der Waals surface area contributed by atoms with Gasteiger partial charge in [0, 0.05) is 0 Å². The van der Waals surface area contributed by atoms with Gasteiger partial charge in [-0.15, -0.1) is 0 Å². The summed E-state index contributed by atoms with van der Waals surface area (Å²) in [6.45, 7) is 0. The molecule has 0 bridgehead atoms. The minimum atomic E-state index is 0.356. The molecule has 0 radical (unpaired) electrons. The van der Waals surface area contributed by atoms with Crippen molar-refractivity contribution in [2.24, 2.45) is 7.05 Å². The van der Waals surface area contributed by atoms with Crippen LogP contribution in [-0.2, 0) is 7.05 Å². The molecule has 4 heteroatoms. The van der Waals surface area contributed by atoms with E-state index in [1.165, 1.54) is 14.6 Å². The fourth-order valence-corrected chi connectivity index (χ4v) is 5.46. The monoisotopic (exact) mass is 369 g/mol. The summed E-state index contributed by atoms with van der Waals surface area (Å²) in [5.41, 5.74) is 3.09. The number of carbonyl (C=O) groups excluding carboxylic acids is 1. The van der Waals surface area contributed by atoms with Crippen LogP contribution in [0, 0.1) is 0 Å². The Bertz CT molecular complexity index is 663. The van der Waals surface area contributed by atoms with Crippen molar-refractivity contribution in [1.82, 2.24) is 4.57 Å². The molecule has 0 saturated carbocycles. The number of nitrogens with zero attached hydrogens (tertiary/aromatic N) is 1. The molecule has 3 heterocycles. The molecule has 3 aromatic heterocycles. The molecule has 18 heavy (non-hydrogen) atoms. The molecule has 0 aliphatic carbocycles. The standard InChI is InChI=1S/C14H11NOSe2/c1-15-11(12-4-2-6-17-12)8-10(9-16)14(15)13-5-3-7-18-13/h2-9H,1H3. The molecule has 0 aliphatic heterocycles. The van der Waals surface area contributed by atoms with E-state index in [1.807, 2.05) is 6.07 Å². The molecule has 0 unspecified atom stereocenters. The van der Waals surface area contributed by atoms with E-state index in [0.717, 1.165) is 17.5 Å². The Balaban J connectivity index is 2.23. The second kappa shape index (κ2) is 4.91. The van der Waals surface area contributed by atoms with E-state index >= 15 is 0 Å². The van der Waals surface area contributed by atoms with Gasteiger partial charge in [0.2, 0.25) is 0 Å². The van der Waals surface area contributed by atoms with Crippen LogP contribution >= 0.6 is 0 Å². The van der Waals surface area contributed by atoms with Crippen LogP contribution < -0.4 is 0 Å². The Morgan fingerprint density at radius 2 is 1.78 bits per heavy atom. The van der Waals surface area contributed by atoms with Gasteiger partial charge in [-0.05, 0) is 0 Å². The summed E-state index contributed by atoms with van der Waals surface area (Å²) < 4.78 is 4.81. The molecule has 0 atom stereocenters. The fraction of sp³-hybridized carbons (Fsp3) is 0.0714. The van der Waals surface area contributed by atoms with E-state index in [4.69, 9.17) is 0 Å². The van der Waals surface area contributed by atoms with Gasteiger partial charge in [-0.1, -0.05) is 0 Å². The molecular weight excluding hydrogens is 356 g/mol. The minimum absolute atomic E-state index is 0.356. The molecule has 0 amide bonds. The first-order valence-corrected chi connectivity index (χ1v) is 9.23. The van der Waals surface area contributed by atoms with Crippen molar-refractivity contribution >= 4 is 35.3 Å². The Kier molecular flexibility index (Phi) is 3.27. The van der Waals surface area contributed by atoms with Gasteiger partial charge in [-0.25, -0.2) is 0 Å². The zero-order valence-electron chi connectivity index (χ0n) is 9.79. The molecule has 3 rings (SSSR count). The van der Waals surface area contributed by atoms with Crippen molar-refractivity contribution < 1.29 is 4.79 Å². The van der Waals surface area contributed by atoms with Crippen LogP contribution in [0.3, 0.4) is 0 Å². The van der Waals surface area contributed by atoms with Crippen molar-refractivity contribution in [3.05, 3.63) is 45.8 Å². The third-order valence-electron chi connectivity index (χ3n) is 2.92. The fourth-order valence-electron chi connectivity index (χ4n) is 2.10. The number of rotatable bonds is 3. The second-order valence-corrected chi connectivity index (χ2v) is 7.94. The van der Waals surface area contributed by atoms with Crippen molar-refractivity contribution in [2.45, 2.75) is 0 Å². The third-order valence-corrected chi connectivity index (χ3v) is 6.63. The molecule has 0 aliphatic rings. The van der Waals surface area contributed by atoms with Crippen LogP contribution in [0.25, 0.3) is 20.3 Å². The maximum absolute atomic E-state index is 11.3. The third kappa shape index (κ3) is 1.92. The molecule has 90 valence electrons. The number of hydrogen-bond acceptors (Lipinski definition) is 1. The van der Waals surface area contributed by atoms with Gasteiger partial charge < -0.3 is 0 Å². The Hall–Kier alpha value is -1.05. The predicted molar refractivity (Wildman–Crippen MR) is 75.6 cm³/mol. The molecule has 0 spiro atoms. The molecule has 0 saturated heterocycles. The summed E-state index contributed by atoms with van der Waals surface area (Å²) >= 11 is 0.756. The van der Waals surface area contributed by atoms with E-state index in [2.05, 4.69) is 45.8 Å². The molecular formula is C14H11NOSe2. The number of aromatic nitrogens is 1. The van der Waals surface area contributed by atoms with Gasteiger partial charge in [-0.3, -0.25) is 0 Å². The number of carbonyl (C=O) groups is 1. The van der Waals surface area contributed by atoms with Crippen molar-refractivity contribution in [3.63, 3.8) is 0 Å². The average molecular weight is 367 g/mol. The summed E-state index contributed by atoms with van der Waals surface area (Å²) in [6.07, 6.45) is 0.976. The quantitative estimate of drug-likeness (QED) is 0.514. The van der Waals surface area contributed by atoms with E-state index in [-0.39, 0.29) is 0 Å². The van der Waals surface area contributed by atoms with Crippen LogP contribution in [0.2, 0.25) is 0 Å². The van der Waals surface area contributed by atoms with Gasteiger partial charge in [-0.2, -0.15) is 0 Å². The molecule has 2 nitrogen and oxygen atoms in total. The Morgan fingerprint density at radius 3 is 2.33 bits per heavy atom. The molecule has 3 aromatic rings. The second-order valence-electron chi connectivity index (χ2n) is 3.96. The maximum atomic E-state index is 11.3. The first kappa shape index (κ1) is 12.0. The summed E-state index contributed by atoms with van der Waals surface area (Å²) in [5.74, 6) is 0. The predicted octanol–water partition coefficient (Wildman–Crippen LogP) is 2.29. The summed E-state index contributed by atoms with van der Waals surface area (Å²) in [5, 5.41) is 0. The Labute approximate surface area is 117 Å². The van der Waals surface area contributed by atoms with Crippen LogP contribution in [-0.4, -0.2) is 39.9 Å². The zero-order valence-corrected chi connectivity index (χ0v) is 13.2. The van der Waals surface area contributed by atoms with Gasteiger partial charge in [0.25, 0.3) is 0 Å². The number of aldehydes is 1. The van der Waals surface area contributed by atoms with E-state index in [1.54, 1.807) is 0 Å². The van der Waals surface area contributed by atoms with Gasteiger partial charge in [0.15, 0.2) is 0 Å². The van der Waals surface area contributed by atoms with Crippen molar-refractivity contribution in [2.75, 3.05) is 0 Å². The van der Waals surface area contributed by atoms with Crippen LogP contribution in [0.15, 0.2) is 40.2 Å². The van der Waals surface area contributed by atoms with E-state index in [9.17, 15) is 4.79 Å². The summed E-state index contributed by atoms with van der Waals surface area (Å²) in [4.78, 5) is 15.7. The van der Waals surface area contributed by atoms with Gasteiger partial charge in [0.05, 0.1) is 0 Å². The van der Waals surface area contributed by atoms with Crippen LogP contribution in [0.4, 0.5) is 0 Å². The van der Waals surface area contributed by atoms with Crippen molar-refractivity contribution in [1.29, 1.82) is 0 Å². The summed E-state index contributed by atoms with van der Waals surface area (Å²) in [6, 6.07) is 10.5. The van der Waals surface area contributed by atoms with Crippen LogP contribution in [0.5, 0.6) is 0 Å². The summed E-state index contributed by atoms with van der Waals surface area (Å²) in [7, 11) is 2.06. The topological polar surface area (TPSA) is 22.0 Å². The van der Waals surface area contributed by atoms with Crippen LogP contribution in [0.1, 0.15) is 10.4 Å². The molecule has 0 aromatic carbocycles. The average Bonchev–Trinajstić information content (AvgIpc) is 3.08. The SMILES string of the molecule is Cn1c(-c2ccc[se]2)cc(C=O)c1-c1ccc[se]1. The van der Waals surface area contributed by atoms with E-state index < -0.39 is 0 Å². The first-order chi connectivity index (χ1) is 8.81. The first-order valence-electron chi connectivity index (χ1n) is 5.54. The number of hydrogen-bond donors (Lipinski definition) is 0. The zero-order chi connectivity index (χ0) is 12.5. The Morgan fingerprint density at radius 1 is 1.11 bits per heavy atom. The van der Waals surface area contributed by atoms with Crippen molar-refractivity contribution in [3.8, 4) is 20.3 Å².